The Labute approximate surface area is 108 Å². The van der Waals surface area contributed by atoms with Crippen molar-refractivity contribution in [1.29, 1.82) is 0 Å². The highest BCUT2D eigenvalue weighted by Gasteiger charge is 2.23. The van der Waals surface area contributed by atoms with E-state index in [-0.39, 0.29) is 11.9 Å². The summed E-state index contributed by atoms with van der Waals surface area (Å²) in [5.74, 6) is 0.141. The maximum atomic E-state index is 12.3. The number of amides is 1. The smallest absolute Gasteiger partial charge is 0.244 e. The molecular formula is C13H22N4O. The molecule has 5 nitrogen and oxygen atoms in total. The van der Waals surface area contributed by atoms with E-state index < -0.39 is 0 Å². The van der Waals surface area contributed by atoms with Gasteiger partial charge < -0.3 is 10.2 Å². The molecule has 1 aromatic heterocycles. The standard InChI is InChI=1S/C13H22N4O/c1-11(2)17(9-12-5-3-6-14-12)13(18)10-16-8-4-7-15-16/h4,7-8,11-12,14H,3,5-6,9-10H2,1-2H3. The van der Waals surface area contributed by atoms with Crippen molar-refractivity contribution in [2.45, 2.75) is 45.3 Å². The second kappa shape index (κ2) is 6.00. The highest BCUT2D eigenvalue weighted by molar-refractivity contribution is 5.76. The van der Waals surface area contributed by atoms with Gasteiger partial charge in [-0.3, -0.25) is 9.48 Å². The molecule has 5 heteroatoms. The van der Waals surface area contributed by atoms with Crippen LogP contribution in [-0.2, 0) is 11.3 Å². The van der Waals surface area contributed by atoms with Crippen molar-refractivity contribution in [3.8, 4) is 0 Å². The number of carbonyl (C=O) groups is 1. The molecule has 0 radical (unpaired) electrons. The van der Waals surface area contributed by atoms with Crippen molar-refractivity contribution in [2.75, 3.05) is 13.1 Å². The highest BCUT2D eigenvalue weighted by atomic mass is 16.2. The monoisotopic (exact) mass is 250 g/mol. The van der Waals surface area contributed by atoms with E-state index in [2.05, 4.69) is 24.3 Å². The Hall–Kier alpha value is -1.36. The van der Waals surface area contributed by atoms with Crippen LogP contribution in [0.5, 0.6) is 0 Å². The maximum absolute atomic E-state index is 12.3. The van der Waals surface area contributed by atoms with Crippen molar-refractivity contribution in [3.05, 3.63) is 18.5 Å². The molecule has 0 aromatic carbocycles. The molecule has 0 aliphatic carbocycles. The number of hydrogen-bond acceptors (Lipinski definition) is 3. The normalized spacial score (nSPS) is 19.4. The van der Waals surface area contributed by atoms with Gasteiger partial charge in [-0.05, 0) is 39.3 Å². The third kappa shape index (κ3) is 3.32. The lowest BCUT2D eigenvalue weighted by Gasteiger charge is -2.29. The van der Waals surface area contributed by atoms with Crippen LogP contribution in [0.1, 0.15) is 26.7 Å². The van der Waals surface area contributed by atoms with Gasteiger partial charge in [0.25, 0.3) is 0 Å². The molecule has 1 amide bonds. The van der Waals surface area contributed by atoms with Gasteiger partial charge in [0.05, 0.1) is 0 Å². The first-order valence-corrected chi connectivity index (χ1v) is 6.67. The van der Waals surface area contributed by atoms with Crippen LogP contribution in [0.3, 0.4) is 0 Å². The molecule has 1 atom stereocenters. The SMILES string of the molecule is CC(C)N(CC1CCCN1)C(=O)Cn1cccn1. The lowest BCUT2D eigenvalue weighted by Crippen LogP contribution is -2.46. The zero-order chi connectivity index (χ0) is 13.0. The number of nitrogens with zero attached hydrogens (tertiary/aromatic N) is 3. The average Bonchev–Trinajstić information content (AvgIpc) is 2.97. The van der Waals surface area contributed by atoms with E-state index in [0.717, 1.165) is 19.5 Å². The number of nitrogens with one attached hydrogen (secondary N) is 1. The van der Waals surface area contributed by atoms with Gasteiger partial charge in [0.2, 0.25) is 5.91 Å². The van der Waals surface area contributed by atoms with Crippen molar-refractivity contribution in [2.24, 2.45) is 0 Å². The summed E-state index contributed by atoms with van der Waals surface area (Å²) in [6.45, 7) is 6.34. The molecule has 2 heterocycles. The van der Waals surface area contributed by atoms with E-state index in [1.165, 1.54) is 6.42 Å². The Morgan fingerprint density at radius 2 is 2.44 bits per heavy atom. The van der Waals surface area contributed by atoms with Crippen LogP contribution in [0.25, 0.3) is 0 Å². The fraction of sp³-hybridized carbons (Fsp3) is 0.692. The lowest BCUT2D eigenvalue weighted by atomic mass is 10.2. The largest absolute Gasteiger partial charge is 0.337 e. The van der Waals surface area contributed by atoms with E-state index in [4.69, 9.17) is 0 Å². The number of hydrogen-bond donors (Lipinski definition) is 1. The van der Waals surface area contributed by atoms with E-state index in [1.54, 1.807) is 10.9 Å². The van der Waals surface area contributed by atoms with Crippen molar-refractivity contribution in [1.82, 2.24) is 20.0 Å². The summed E-state index contributed by atoms with van der Waals surface area (Å²) < 4.78 is 1.68. The molecule has 0 saturated carbocycles. The fourth-order valence-electron chi connectivity index (χ4n) is 2.37. The van der Waals surface area contributed by atoms with Crippen LogP contribution >= 0.6 is 0 Å². The van der Waals surface area contributed by atoms with Crippen LogP contribution in [-0.4, -0.2) is 45.8 Å². The first-order valence-electron chi connectivity index (χ1n) is 6.67. The molecule has 18 heavy (non-hydrogen) atoms. The molecule has 2 rings (SSSR count). The third-order valence-electron chi connectivity index (χ3n) is 3.38. The van der Waals surface area contributed by atoms with Crippen LogP contribution in [0.15, 0.2) is 18.5 Å². The van der Waals surface area contributed by atoms with E-state index >= 15 is 0 Å². The first-order chi connectivity index (χ1) is 8.66. The number of aromatic nitrogens is 2. The molecule has 100 valence electrons. The van der Waals surface area contributed by atoms with Crippen molar-refractivity contribution < 1.29 is 4.79 Å². The van der Waals surface area contributed by atoms with Gasteiger partial charge in [0.15, 0.2) is 0 Å². The summed E-state index contributed by atoms with van der Waals surface area (Å²) in [5, 5.41) is 7.52. The zero-order valence-corrected chi connectivity index (χ0v) is 11.2. The summed E-state index contributed by atoms with van der Waals surface area (Å²) in [6.07, 6.45) is 5.90. The summed E-state index contributed by atoms with van der Waals surface area (Å²) in [7, 11) is 0. The molecule has 1 aliphatic heterocycles. The summed E-state index contributed by atoms with van der Waals surface area (Å²) >= 11 is 0. The highest BCUT2D eigenvalue weighted by Crippen LogP contribution is 2.10. The van der Waals surface area contributed by atoms with Gasteiger partial charge in [0.1, 0.15) is 6.54 Å². The Kier molecular flexibility index (Phi) is 4.36. The summed E-state index contributed by atoms with van der Waals surface area (Å²) in [5.41, 5.74) is 0. The average molecular weight is 250 g/mol. The minimum Gasteiger partial charge on any atom is -0.337 e. The van der Waals surface area contributed by atoms with Gasteiger partial charge in [-0.1, -0.05) is 0 Å². The molecule has 1 unspecified atom stereocenters. The molecule has 0 spiro atoms. The Balaban J connectivity index is 1.93. The Bertz CT molecular complexity index is 368. The lowest BCUT2D eigenvalue weighted by molar-refractivity contribution is -0.134. The van der Waals surface area contributed by atoms with E-state index in [1.807, 2.05) is 17.2 Å². The van der Waals surface area contributed by atoms with Crippen LogP contribution < -0.4 is 5.32 Å². The molecule has 1 N–H and O–H groups in total. The topological polar surface area (TPSA) is 50.2 Å². The van der Waals surface area contributed by atoms with Crippen LogP contribution in [0.4, 0.5) is 0 Å². The summed E-state index contributed by atoms with van der Waals surface area (Å²) in [4.78, 5) is 14.2. The molecule has 1 fully saturated rings. The predicted molar refractivity (Wildman–Crippen MR) is 70.1 cm³/mol. The molecule has 1 saturated heterocycles. The second-order valence-electron chi connectivity index (χ2n) is 5.14. The molecule has 1 aromatic rings. The van der Waals surface area contributed by atoms with E-state index in [9.17, 15) is 4.79 Å². The number of rotatable bonds is 5. The molecular weight excluding hydrogens is 228 g/mol. The zero-order valence-electron chi connectivity index (χ0n) is 11.2. The second-order valence-corrected chi connectivity index (χ2v) is 5.14. The predicted octanol–water partition coefficient (Wildman–Crippen LogP) is 0.872. The van der Waals surface area contributed by atoms with Crippen LogP contribution in [0, 0.1) is 0 Å². The van der Waals surface area contributed by atoms with Gasteiger partial charge in [0, 0.05) is 31.0 Å². The molecule has 1 aliphatic rings. The minimum atomic E-state index is 0.141. The van der Waals surface area contributed by atoms with E-state index in [0.29, 0.717) is 12.6 Å². The Morgan fingerprint density at radius 3 is 3.00 bits per heavy atom. The third-order valence-corrected chi connectivity index (χ3v) is 3.38. The van der Waals surface area contributed by atoms with Gasteiger partial charge in [-0.25, -0.2) is 0 Å². The quantitative estimate of drug-likeness (QED) is 0.843. The first kappa shape index (κ1) is 13.1. The minimum absolute atomic E-state index is 0.141. The molecule has 0 bridgehead atoms. The van der Waals surface area contributed by atoms with Crippen molar-refractivity contribution in [3.63, 3.8) is 0 Å². The maximum Gasteiger partial charge on any atom is 0.244 e. The van der Waals surface area contributed by atoms with Gasteiger partial charge in [-0.2, -0.15) is 5.10 Å². The summed E-state index contributed by atoms with van der Waals surface area (Å²) in [6, 6.07) is 2.52. The van der Waals surface area contributed by atoms with Gasteiger partial charge >= 0.3 is 0 Å². The van der Waals surface area contributed by atoms with Crippen LogP contribution in [0.2, 0.25) is 0 Å². The number of carbonyl (C=O) groups excluding carboxylic acids is 1. The van der Waals surface area contributed by atoms with Gasteiger partial charge in [-0.15, -0.1) is 0 Å². The fourth-order valence-corrected chi connectivity index (χ4v) is 2.37. The van der Waals surface area contributed by atoms with Crippen molar-refractivity contribution >= 4 is 5.91 Å². The Morgan fingerprint density at radius 1 is 1.61 bits per heavy atom.